The predicted octanol–water partition coefficient (Wildman–Crippen LogP) is 0.530. The van der Waals surface area contributed by atoms with Crippen LogP contribution in [0.1, 0.15) is 12.0 Å². The van der Waals surface area contributed by atoms with Crippen LogP contribution in [-0.4, -0.2) is 66.3 Å². The molecule has 0 atom stereocenters. The summed E-state index contributed by atoms with van der Waals surface area (Å²) in [7, 11) is 0. The molecule has 1 aliphatic rings. The van der Waals surface area contributed by atoms with Gasteiger partial charge in [-0.05, 0) is 24.6 Å². The number of carboxylic acid groups (broad SMARTS) is 1. The summed E-state index contributed by atoms with van der Waals surface area (Å²) in [5.74, 6) is -0.295. The van der Waals surface area contributed by atoms with Gasteiger partial charge < -0.3 is 19.6 Å². The summed E-state index contributed by atoms with van der Waals surface area (Å²) in [4.78, 5) is 30.9. The maximum absolute atomic E-state index is 12.4. The highest BCUT2D eigenvalue weighted by molar-refractivity contribution is 5.81. The quantitative estimate of drug-likeness (QED) is 0.825. The Labute approximate surface area is 129 Å². The van der Waals surface area contributed by atoms with E-state index in [-0.39, 0.29) is 25.4 Å². The number of carboxylic acids is 1. The minimum atomic E-state index is -0.892. The van der Waals surface area contributed by atoms with Crippen molar-refractivity contribution in [2.45, 2.75) is 13.3 Å². The number of aliphatic carboxylic acids is 1. The van der Waals surface area contributed by atoms with Gasteiger partial charge in [-0.25, -0.2) is 4.98 Å². The fourth-order valence-electron chi connectivity index (χ4n) is 2.27. The number of anilines is 1. The van der Waals surface area contributed by atoms with E-state index in [0.717, 1.165) is 5.56 Å². The molecule has 1 aromatic rings. The van der Waals surface area contributed by atoms with Crippen LogP contribution in [0, 0.1) is 6.92 Å². The van der Waals surface area contributed by atoms with Gasteiger partial charge in [0, 0.05) is 25.8 Å². The smallest absolute Gasteiger partial charge is 0.305 e. The molecule has 0 spiro atoms. The van der Waals surface area contributed by atoms with Crippen molar-refractivity contribution in [1.82, 2.24) is 9.88 Å². The van der Waals surface area contributed by atoms with Crippen LogP contribution in [-0.2, 0) is 14.3 Å². The fourth-order valence-corrected chi connectivity index (χ4v) is 2.27. The highest BCUT2D eigenvalue weighted by Crippen LogP contribution is 2.13. The number of ether oxygens (including phenoxy) is 1. The highest BCUT2D eigenvalue weighted by atomic mass is 16.5. The summed E-state index contributed by atoms with van der Waals surface area (Å²) in [6.45, 7) is 4.56. The number of hydrogen-bond acceptors (Lipinski definition) is 5. The Bertz CT molecular complexity index is 529. The zero-order valence-electron chi connectivity index (χ0n) is 12.7. The van der Waals surface area contributed by atoms with Crippen molar-refractivity contribution < 1.29 is 19.4 Å². The molecular weight excluding hydrogens is 286 g/mol. The van der Waals surface area contributed by atoms with E-state index in [4.69, 9.17) is 9.84 Å². The molecule has 1 aromatic heterocycles. The van der Waals surface area contributed by atoms with Crippen LogP contribution in [0.4, 0.5) is 5.82 Å². The number of carbonyl (C=O) groups is 2. The maximum Gasteiger partial charge on any atom is 0.305 e. The number of hydrogen-bond donors (Lipinski definition) is 1. The van der Waals surface area contributed by atoms with Crippen molar-refractivity contribution in [3.63, 3.8) is 0 Å². The van der Waals surface area contributed by atoms with Crippen molar-refractivity contribution >= 4 is 17.7 Å². The molecule has 1 N–H and O–H groups in total. The number of pyridine rings is 1. The summed E-state index contributed by atoms with van der Waals surface area (Å²) >= 11 is 0. The first-order chi connectivity index (χ1) is 10.6. The normalized spacial score (nSPS) is 14.7. The number of aromatic nitrogens is 1. The standard InChI is InChI=1S/C15H21N3O4/c1-12-2-4-16-13(10-12)18(5-3-15(20)21)11-14(19)17-6-8-22-9-7-17/h2,4,10H,3,5-9,11H2,1H3,(H,20,21). The summed E-state index contributed by atoms with van der Waals surface area (Å²) in [6.07, 6.45) is 1.63. The lowest BCUT2D eigenvalue weighted by molar-refractivity contribution is -0.137. The first kappa shape index (κ1) is 16.2. The molecule has 1 fully saturated rings. The second-order valence-electron chi connectivity index (χ2n) is 5.25. The number of nitrogens with zero attached hydrogens (tertiary/aromatic N) is 3. The minimum Gasteiger partial charge on any atom is -0.481 e. The van der Waals surface area contributed by atoms with Gasteiger partial charge >= 0.3 is 5.97 Å². The molecule has 7 heteroatoms. The van der Waals surface area contributed by atoms with Crippen LogP contribution in [0.5, 0.6) is 0 Å². The van der Waals surface area contributed by atoms with E-state index in [2.05, 4.69) is 4.98 Å². The van der Waals surface area contributed by atoms with Gasteiger partial charge in [0.05, 0.1) is 26.2 Å². The Kier molecular flexibility index (Phi) is 5.71. The van der Waals surface area contributed by atoms with E-state index in [1.54, 1.807) is 16.0 Å². The van der Waals surface area contributed by atoms with Crippen LogP contribution < -0.4 is 4.90 Å². The van der Waals surface area contributed by atoms with E-state index in [1.807, 2.05) is 19.1 Å². The molecule has 1 saturated heterocycles. The molecule has 0 unspecified atom stereocenters. The summed E-state index contributed by atoms with van der Waals surface area (Å²) in [6, 6.07) is 3.72. The molecule has 0 radical (unpaired) electrons. The molecule has 22 heavy (non-hydrogen) atoms. The number of carbonyl (C=O) groups excluding carboxylic acids is 1. The number of amides is 1. The largest absolute Gasteiger partial charge is 0.481 e. The lowest BCUT2D eigenvalue weighted by atomic mass is 10.2. The van der Waals surface area contributed by atoms with E-state index < -0.39 is 5.97 Å². The van der Waals surface area contributed by atoms with Gasteiger partial charge in [-0.1, -0.05) is 0 Å². The molecule has 2 heterocycles. The van der Waals surface area contributed by atoms with Gasteiger partial charge in [-0.2, -0.15) is 0 Å². The Morgan fingerprint density at radius 3 is 2.77 bits per heavy atom. The van der Waals surface area contributed by atoms with Gasteiger partial charge in [0.1, 0.15) is 5.82 Å². The summed E-state index contributed by atoms with van der Waals surface area (Å²) in [5.41, 5.74) is 1.02. The third kappa shape index (κ3) is 4.70. The Hall–Kier alpha value is -2.15. The topological polar surface area (TPSA) is 83.0 Å². The monoisotopic (exact) mass is 307 g/mol. The average Bonchev–Trinajstić information content (AvgIpc) is 2.52. The van der Waals surface area contributed by atoms with Crippen LogP contribution in [0.2, 0.25) is 0 Å². The van der Waals surface area contributed by atoms with Gasteiger partial charge in [0.25, 0.3) is 0 Å². The van der Waals surface area contributed by atoms with Crippen molar-refractivity contribution in [3.05, 3.63) is 23.9 Å². The fraction of sp³-hybridized carbons (Fsp3) is 0.533. The molecular formula is C15H21N3O4. The molecule has 1 amide bonds. The Morgan fingerprint density at radius 2 is 2.14 bits per heavy atom. The van der Waals surface area contributed by atoms with Crippen LogP contribution in [0.25, 0.3) is 0 Å². The van der Waals surface area contributed by atoms with Gasteiger partial charge in [0.2, 0.25) is 5.91 Å². The zero-order chi connectivity index (χ0) is 15.9. The number of rotatable bonds is 6. The molecule has 120 valence electrons. The zero-order valence-corrected chi connectivity index (χ0v) is 12.7. The van der Waals surface area contributed by atoms with Crippen LogP contribution >= 0.6 is 0 Å². The van der Waals surface area contributed by atoms with Crippen LogP contribution in [0.3, 0.4) is 0 Å². The van der Waals surface area contributed by atoms with Gasteiger partial charge in [0.15, 0.2) is 0 Å². The van der Waals surface area contributed by atoms with Crippen molar-refractivity contribution in [3.8, 4) is 0 Å². The molecule has 7 nitrogen and oxygen atoms in total. The SMILES string of the molecule is Cc1ccnc(N(CCC(=O)O)CC(=O)N2CCOCC2)c1. The highest BCUT2D eigenvalue weighted by Gasteiger charge is 2.21. The van der Waals surface area contributed by atoms with Gasteiger partial charge in [-0.3, -0.25) is 9.59 Å². The molecule has 2 rings (SSSR count). The van der Waals surface area contributed by atoms with E-state index in [9.17, 15) is 9.59 Å². The van der Waals surface area contributed by atoms with Gasteiger partial charge in [-0.15, -0.1) is 0 Å². The Morgan fingerprint density at radius 1 is 1.41 bits per heavy atom. The maximum atomic E-state index is 12.4. The molecule has 0 aliphatic carbocycles. The minimum absolute atomic E-state index is 0.0306. The van der Waals surface area contributed by atoms with Crippen molar-refractivity contribution in [1.29, 1.82) is 0 Å². The number of aryl methyl sites for hydroxylation is 1. The van der Waals surface area contributed by atoms with E-state index in [0.29, 0.717) is 32.1 Å². The first-order valence-corrected chi connectivity index (χ1v) is 7.31. The Balaban J connectivity index is 2.06. The van der Waals surface area contributed by atoms with E-state index in [1.165, 1.54) is 0 Å². The van der Waals surface area contributed by atoms with Crippen molar-refractivity contribution in [2.24, 2.45) is 0 Å². The van der Waals surface area contributed by atoms with Crippen LogP contribution in [0.15, 0.2) is 18.3 Å². The van der Waals surface area contributed by atoms with Crippen molar-refractivity contribution in [2.75, 3.05) is 44.3 Å². The third-order valence-corrected chi connectivity index (χ3v) is 3.51. The first-order valence-electron chi connectivity index (χ1n) is 7.31. The lowest BCUT2D eigenvalue weighted by Crippen LogP contribution is -2.46. The summed E-state index contributed by atoms with van der Waals surface area (Å²) in [5, 5.41) is 8.89. The second kappa shape index (κ2) is 7.74. The lowest BCUT2D eigenvalue weighted by Gasteiger charge is -2.30. The second-order valence-corrected chi connectivity index (χ2v) is 5.25. The molecule has 0 bridgehead atoms. The molecule has 0 saturated carbocycles. The number of morpholine rings is 1. The third-order valence-electron chi connectivity index (χ3n) is 3.51. The predicted molar refractivity (Wildman–Crippen MR) is 80.8 cm³/mol. The molecule has 1 aliphatic heterocycles. The average molecular weight is 307 g/mol. The van der Waals surface area contributed by atoms with E-state index >= 15 is 0 Å². The summed E-state index contributed by atoms with van der Waals surface area (Å²) < 4.78 is 5.24. The molecule has 0 aromatic carbocycles.